The molecule has 6 heteroatoms. The Morgan fingerprint density at radius 2 is 1.78 bits per heavy atom. The molecule has 0 bridgehead atoms. The number of hydrogen-bond acceptors (Lipinski definition) is 4. The molecule has 4 nitrogen and oxygen atoms in total. The zero-order chi connectivity index (χ0) is 17.6. The first-order valence-corrected chi connectivity index (χ1v) is 7.49. The minimum Gasteiger partial charge on any atom is -0.468 e. The number of aliphatic hydroxyl groups is 1. The average molecular weight is 328 g/mol. The molecule has 0 aliphatic rings. The predicted octanol–water partition coefficient (Wildman–Crippen LogP) is 2.66. The molecule has 0 radical (unpaired) electrons. The number of Topliss-reactive ketones (excluding diaryl/α,β-unsaturated/α-hetero) is 1. The molecule has 2 atom stereocenters. The number of ketones is 1. The largest absolute Gasteiger partial charge is 0.468 e. The van der Waals surface area contributed by atoms with Crippen LogP contribution in [-0.4, -0.2) is 30.1 Å². The quantitative estimate of drug-likeness (QED) is 0.589. The minimum atomic E-state index is -1.15. The highest BCUT2D eigenvalue weighted by atomic mass is 19.1. The maximum Gasteiger partial charge on any atom is 0.316 e. The van der Waals surface area contributed by atoms with Crippen LogP contribution < -0.4 is 0 Å². The van der Waals surface area contributed by atoms with Gasteiger partial charge in [0.25, 0.3) is 0 Å². The molecule has 1 N–H and O–H groups in total. The standard InChI is InChI=1S/C17H22F2O4/c1-10(2)15(20)9-16(21)12(17(22)23-3)8-7-11-13(18)5-4-6-14(11)19/h4-6,10,12,15,20H,7-9H2,1-3H3. The van der Waals surface area contributed by atoms with Crippen molar-refractivity contribution >= 4 is 11.8 Å². The highest BCUT2D eigenvalue weighted by Gasteiger charge is 2.30. The molecule has 0 fully saturated rings. The smallest absolute Gasteiger partial charge is 0.316 e. The number of benzene rings is 1. The molecule has 0 amide bonds. The van der Waals surface area contributed by atoms with Crippen LogP contribution in [0.15, 0.2) is 18.2 Å². The number of carbonyl (C=O) groups is 2. The van der Waals surface area contributed by atoms with Gasteiger partial charge in [0.15, 0.2) is 0 Å². The van der Waals surface area contributed by atoms with E-state index in [-0.39, 0.29) is 30.7 Å². The molecule has 2 unspecified atom stereocenters. The molecule has 0 saturated carbocycles. The van der Waals surface area contributed by atoms with Gasteiger partial charge < -0.3 is 9.84 Å². The van der Waals surface area contributed by atoms with Crippen molar-refractivity contribution in [1.82, 2.24) is 0 Å². The Hall–Kier alpha value is -1.82. The normalized spacial score (nSPS) is 13.7. The van der Waals surface area contributed by atoms with E-state index < -0.39 is 35.4 Å². The van der Waals surface area contributed by atoms with Gasteiger partial charge in [-0.05, 0) is 30.9 Å². The van der Waals surface area contributed by atoms with Crippen LogP contribution in [0.3, 0.4) is 0 Å². The van der Waals surface area contributed by atoms with Crippen LogP contribution in [0.4, 0.5) is 8.78 Å². The van der Waals surface area contributed by atoms with E-state index in [4.69, 9.17) is 0 Å². The van der Waals surface area contributed by atoms with Gasteiger partial charge in [-0.1, -0.05) is 19.9 Å². The molecule has 0 aliphatic heterocycles. The minimum absolute atomic E-state index is 0.0752. The van der Waals surface area contributed by atoms with Crippen LogP contribution >= 0.6 is 0 Å². The molecule has 1 rings (SSSR count). The molecule has 0 heterocycles. The van der Waals surface area contributed by atoms with E-state index in [1.807, 2.05) is 0 Å². The summed E-state index contributed by atoms with van der Waals surface area (Å²) < 4.78 is 31.8. The molecule has 23 heavy (non-hydrogen) atoms. The van der Waals surface area contributed by atoms with Gasteiger partial charge in [-0.3, -0.25) is 9.59 Å². The first-order valence-electron chi connectivity index (χ1n) is 7.49. The fourth-order valence-electron chi connectivity index (χ4n) is 2.20. The van der Waals surface area contributed by atoms with Gasteiger partial charge in [0.05, 0.1) is 13.2 Å². The summed E-state index contributed by atoms with van der Waals surface area (Å²) in [5.41, 5.74) is -0.168. The van der Waals surface area contributed by atoms with Crippen molar-refractivity contribution in [3.8, 4) is 0 Å². The summed E-state index contributed by atoms with van der Waals surface area (Å²) >= 11 is 0. The van der Waals surface area contributed by atoms with Crippen molar-refractivity contribution in [1.29, 1.82) is 0 Å². The third-order valence-corrected chi connectivity index (χ3v) is 3.80. The van der Waals surface area contributed by atoms with Crippen LogP contribution in [0.25, 0.3) is 0 Å². The van der Waals surface area contributed by atoms with Crippen molar-refractivity contribution in [2.24, 2.45) is 11.8 Å². The zero-order valence-corrected chi connectivity index (χ0v) is 13.5. The van der Waals surface area contributed by atoms with Crippen LogP contribution in [0.5, 0.6) is 0 Å². The number of aliphatic hydroxyl groups excluding tert-OH is 1. The molecule has 0 saturated heterocycles. The van der Waals surface area contributed by atoms with Crippen molar-refractivity contribution < 1.29 is 28.2 Å². The number of methoxy groups -OCH3 is 1. The van der Waals surface area contributed by atoms with E-state index in [1.54, 1.807) is 13.8 Å². The predicted molar refractivity (Wildman–Crippen MR) is 80.7 cm³/mol. The molecule has 0 aliphatic carbocycles. The number of esters is 1. The molecule has 1 aromatic carbocycles. The van der Waals surface area contributed by atoms with E-state index in [0.29, 0.717) is 0 Å². The third kappa shape index (κ3) is 5.39. The molecule has 0 spiro atoms. The van der Waals surface area contributed by atoms with Crippen LogP contribution in [0.1, 0.15) is 32.3 Å². The van der Waals surface area contributed by atoms with E-state index in [2.05, 4.69) is 4.74 Å². The van der Waals surface area contributed by atoms with Crippen molar-refractivity contribution in [3.63, 3.8) is 0 Å². The lowest BCUT2D eigenvalue weighted by atomic mass is 9.90. The third-order valence-electron chi connectivity index (χ3n) is 3.80. The monoisotopic (exact) mass is 328 g/mol. The van der Waals surface area contributed by atoms with Gasteiger partial charge in [0, 0.05) is 12.0 Å². The van der Waals surface area contributed by atoms with Gasteiger partial charge in [-0.15, -0.1) is 0 Å². The maximum atomic E-state index is 13.6. The van der Waals surface area contributed by atoms with Crippen LogP contribution in [0.2, 0.25) is 0 Å². The Bertz CT molecular complexity index is 537. The van der Waals surface area contributed by atoms with Gasteiger partial charge in [0.2, 0.25) is 0 Å². The average Bonchev–Trinajstić information content (AvgIpc) is 2.49. The summed E-state index contributed by atoms with van der Waals surface area (Å²) in [6.07, 6.45) is -1.26. The number of ether oxygens (including phenoxy) is 1. The van der Waals surface area contributed by atoms with Crippen molar-refractivity contribution in [3.05, 3.63) is 35.4 Å². The molecule has 128 valence electrons. The van der Waals surface area contributed by atoms with E-state index in [1.165, 1.54) is 6.07 Å². The molecular weight excluding hydrogens is 306 g/mol. The van der Waals surface area contributed by atoms with Crippen LogP contribution in [0, 0.1) is 23.5 Å². The van der Waals surface area contributed by atoms with Crippen molar-refractivity contribution in [2.75, 3.05) is 7.11 Å². The molecular formula is C17H22F2O4. The molecule has 1 aromatic rings. The Morgan fingerprint density at radius 3 is 2.26 bits per heavy atom. The van der Waals surface area contributed by atoms with Gasteiger partial charge in [-0.25, -0.2) is 8.78 Å². The molecule has 0 aromatic heterocycles. The lowest BCUT2D eigenvalue weighted by Crippen LogP contribution is -2.30. The number of hydrogen-bond donors (Lipinski definition) is 1. The first-order chi connectivity index (χ1) is 10.8. The Labute approximate surface area is 134 Å². The Balaban J connectivity index is 2.83. The maximum absolute atomic E-state index is 13.6. The van der Waals surface area contributed by atoms with Gasteiger partial charge in [-0.2, -0.15) is 0 Å². The van der Waals surface area contributed by atoms with Crippen molar-refractivity contribution in [2.45, 2.75) is 39.2 Å². The first kappa shape index (κ1) is 19.2. The summed E-state index contributed by atoms with van der Waals surface area (Å²) in [7, 11) is 1.14. The number of halogens is 2. The van der Waals surface area contributed by atoms with E-state index in [0.717, 1.165) is 19.2 Å². The number of rotatable bonds is 8. The highest BCUT2D eigenvalue weighted by Crippen LogP contribution is 2.20. The Kier molecular flexibility index (Phi) is 7.29. The van der Waals surface area contributed by atoms with Gasteiger partial charge >= 0.3 is 5.97 Å². The fourth-order valence-corrected chi connectivity index (χ4v) is 2.20. The second-order valence-electron chi connectivity index (χ2n) is 5.80. The lowest BCUT2D eigenvalue weighted by molar-refractivity contribution is -0.150. The lowest BCUT2D eigenvalue weighted by Gasteiger charge is -2.18. The summed E-state index contributed by atoms with van der Waals surface area (Å²) in [6.45, 7) is 3.50. The second-order valence-corrected chi connectivity index (χ2v) is 5.80. The summed E-state index contributed by atoms with van der Waals surface area (Å²) in [4.78, 5) is 24.0. The summed E-state index contributed by atoms with van der Waals surface area (Å²) in [5, 5.41) is 9.78. The Morgan fingerprint density at radius 1 is 1.22 bits per heavy atom. The van der Waals surface area contributed by atoms with E-state index in [9.17, 15) is 23.5 Å². The van der Waals surface area contributed by atoms with Crippen LogP contribution in [-0.2, 0) is 20.7 Å². The fraction of sp³-hybridized carbons (Fsp3) is 0.529. The van der Waals surface area contributed by atoms with Gasteiger partial charge in [0.1, 0.15) is 23.3 Å². The summed E-state index contributed by atoms with van der Waals surface area (Å²) in [5.74, 6) is -3.97. The number of carbonyl (C=O) groups excluding carboxylic acids is 2. The SMILES string of the molecule is COC(=O)C(CCc1c(F)cccc1F)C(=O)CC(O)C(C)C. The zero-order valence-electron chi connectivity index (χ0n) is 13.5. The topological polar surface area (TPSA) is 63.6 Å². The van der Waals surface area contributed by atoms with E-state index >= 15 is 0 Å². The summed E-state index contributed by atoms with van der Waals surface area (Å²) in [6, 6.07) is 3.49. The second kappa shape index (κ2) is 8.72. The highest BCUT2D eigenvalue weighted by molar-refractivity contribution is 5.99.